The predicted molar refractivity (Wildman–Crippen MR) is 90.9 cm³/mol. The number of fused-ring (bicyclic) bond motifs is 1. The SMILES string of the molecule is Cn1nc2c(=O)n(C3CC3)ncc2c1C(=O)c1ccc(C(F)(F)F)c(Cl)c1. The second-order valence-corrected chi connectivity index (χ2v) is 6.79. The summed E-state index contributed by atoms with van der Waals surface area (Å²) in [6.07, 6.45) is -1.50. The van der Waals surface area contributed by atoms with Crippen molar-refractivity contribution in [2.75, 3.05) is 0 Å². The molecule has 1 aliphatic rings. The van der Waals surface area contributed by atoms with Crippen LogP contribution in [0.1, 0.15) is 40.5 Å². The van der Waals surface area contributed by atoms with Gasteiger partial charge in [0, 0.05) is 12.6 Å². The standard InChI is InChI=1S/C17H12ClF3N4O2/c1-24-14(10-7-22-25(9-3-4-9)16(27)13(10)23-24)15(26)8-2-5-11(12(18)6-8)17(19,20)21/h2,5-7,9H,3-4H2,1H3. The van der Waals surface area contributed by atoms with Crippen molar-refractivity contribution in [2.45, 2.75) is 25.1 Å². The fourth-order valence-corrected chi connectivity index (χ4v) is 3.26. The average molecular weight is 397 g/mol. The summed E-state index contributed by atoms with van der Waals surface area (Å²) in [5, 5.41) is 7.90. The van der Waals surface area contributed by atoms with Gasteiger partial charge in [-0.05, 0) is 25.0 Å². The summed E-state index contributed by atoms with van der Waals surface area (Å²) in [4.78, 5) is 25.4. The van der Waals surface area contributed by atoms with Crippen LogP contribution in [0.4, 0.5) is 13.2 Å². The highest BCUT2D eigenvalue weighted by Crippen LogP contribution is 2.36. The van der Waals surface area contributed by atoms with Crippen molar-refractivity contribution in [3.63, 3.8) is 0 Å². The number of halogens is 4. The summed E-state index contributed by atoms with van der Waals surface area (Å²) < 4.78 is 41.1. The number of hydrogen-bond acceptors (Lipinski definition) is 4. The quantitative estimate of drug-likeness (QED) is 0.636. The summed E-state index contributed by atoms with van der Waals surface area (Å²) >= 11 is 5.70. The number of hydrogen-bond donors (Lipinski definition) is 0. The van der Waals surface area contributed by atoms with Gasteiger partial charge in [0.1, 0.15) is 5.69 Å². The Bertz CT molecular complexity index is 1150. The van der Waals surface area contributed by atoms with Gasteiger partial charge in [-0.3, -0.25) is 14.3 Å². The van der Waals surface area contributed by atoms with Crippen molar-refractivity contribution in [1.29, 1.82) is 0 Å². The molecule has 2 heterocycles. The van der Waals surface area contributed by atoms with Crippen molar-refractivity contribution < 1.29 is 18.0 Å². The van der Waals surface area contributed by atoms with Gasteiger partial charge in [0.15, 0.2) is 5.52 Å². The van der Waals surface area contributed by atoms with Crippen LogP contribution in [0.5, 0.6) is 0 Å². The van der Waals surface area contributed by atoms with Gasteiger partial charge in [0.25, 0.3) is 5.56 Å². The molecule has 6 nitrogen and oxygen atoms in total. The molecule has 140 valence electrons. The number of ketones is 1. The van der Waals surface area contributed by atoms with Crippen LogP contribution in [-0.2, 0) is 13.2 Å². The Hall–Kier alpha value is -2.68. The number of carbonyl (C=O) groups excluding carboxylic acids is 1. The Morgan fingerprint density at radius 1 is 1.30 bits per heavy atom. The van der Waals surface area contributed by atoms with E-state index >= 15 is 0 Å². The van der Waals surface area contributed by atoms with Gasteiger partial charge in [0.2, 0.25) is 5.78 Å². The molecule has 0 radical (unpaired) electrons. The number of aryl methyl sites for hydroxylation is 1. The molecule has 0 spiro atoms. The largest absolute Gasteiger partial charge is 0.417 e. The Labute approximate surface area is 155 Å². The van der Waals surface area contributed by atoms with Crippen LogP contribution >= 0.6 is 11.6 Å². The Morgan fingerprint density at radius 2 is 2.00 bits per heavy atom. The number of benzene rings is 1. The van der Waals surface area contributed by atoms with Gasteiger partial charge in [0.05, 0.1) is 28.2 Å². The van der Waals surface area contributed by atoms with Gasteiger partial charge in [-0.15, -0.1) is 0 Å². The van der Waals surface area contributed by atoms with Crippen LogP contribution in [0.15, 0.2) is 29.2 Å². The molecular formula is C17H12ClF3N4O2. The molecular weight excluding hydrogens is 385 g/mol. The van der Waals surface area contributed by atoms with Crippen LogP contribution in [0.2, 0.25) is 5.02 Å². The van der Waals surface area contributed by atoms with E-state index in [0.29, 0.717) is 0 Å². The van der Waals surface area contributed by atoms with Crippen molar-refractivity contribution in [2.24, 2.45) is 7.05 Å². The van der Waals surface area contributed by atoms with Gasteiger partial charge >= 0.3 is 6.18 Å². The van der Waals surface area contributed by atoms with Gasteiger partial charge in [-0.2, -0.15) is 23.4 Å². The molecule has 10 heteroatoms. The van der Waals surface area contributed by atoms with Crippen molar-refractivity contribution in [3.05, 3.63) is 56.6 Å². The monoisotopic (exact) mass is 396 g/mol. The number of nitrogens with zero attached hydrogens (tertiary/aromatic N) is 4. The Kier molecular flexibility index (Phi) is 3.88. The smallest absolute Gasteiger partial charge is 0.287 e. The van der Waals surface area contributed by atoms with E-state index < -0.39 is 28.1 Å². The molecule has 0 saturated heterocycles. The lowest BCUT2D eigenvalue weighted by molar-refractivity contribution is -0.137. The fraction of sp³-hybridized carbons (Fsp3) is 0.294. The summed E-state index contributed by atoms with van der Waals surface area (Å²) in [5.74, 6) is -0.596. The lowest BCUT2D eigenvalue weighted by Crippen LogP contribution is -2.21. The maximum absolute atomic E-state index is 12.9. The van der Waals surface area contributed by atoms with E-state index in [1.807, 2.05) is 0 Å². The summed E-state index contributed by atoms with van der Waals surface area (Å²) in [6.45, 7) is 0. The zero-order chi connectivity index (χ0) is 19.5. The highest BCUT2D eigenvalue weighted by atomic mass is 35.5. The number of alkyl halides is 3. The van der Waals surface area contributed by atoms with Gasteiger partial charge < -0.3 is 0 Å². The molecule has 0 atom stereocenters. The minimum absolute atomic E-state index is 0.0377. The first kappa shape index (κ1) is 17.7. The molecule has 1 aromatic carbocycles. The highest BCUT2D eigenvalue weighted by molar-refractivity contribution is 6.32. The molecule has 0 bridgehead atoms. The third-order valence-electron chi connectivity index (χ3n) is 4.45. The van der Waals surface area contributed by atoms with E-state index in [4.69, 9.17) is 11.6 Å². The van der Waals surface area contributed by atoms with E-state index in [2.05, 4.69) is 10.2 Å². The molecule has 0 amide bonds. The normalized spacial score (nSPS) is 14.7. The Morgan fingerprint density at radius 3 is 2.59 bits per heavy atom. The van der Waals surface area contributed by atoms with Crippen LogP contribution < -0.4 is 5.56 Å². The third-order valence-corrected chi connectivity index (χ3v) is 4.76. The number of rotatable bonds is 3. The molecule has 0 N–H and O–H groups in total. The van der Waals surface area contributed by atoms with Gasteiger partial charge in [-0.1, -0.05) is 17.7 Å². The minimum Gasteiger partial charge on any atom is -0.287 e. The zero-order valence-corrected chi connectivity index (χ0v) is 14.7. The van der Waals surface area contributed by atoms with Crippen LogP contribution in [0, 0.1) is 0 Å². The number of carbonyl (C=O) groups is 1. The molecule has 0 unspecified atom stereocenters. The number of aromatic nitrogens is 4. The van der Waals surface area contributed by atoms with E-state index in [1.54, 1.807) is 0 Å². The van der Waals surface area contributed by atoms with Crippen LogP contribution in [0.25, 0.3) is 10.9 Å². The molecule has 1 aliphatic carbocycles. The zero-order valence-electron chi connectivity index (χ0n) is 13.9. The van der Waals surface area contributed by atoms with Crippen LogP contribution in [0.3, 0.4) is 0 Å². The summed E-state index contributed by atoms with van der Waals surface area (Å²) in [5.41, 5.74) is -1.29. The van der Waals surface area contributed by atoms with E-state index in [1.165, 1.54) is 22.6 Å². The molecule has 0 aliphatic heterocycles. The molecule has 27 heavy (non-hydrogen) atoms. The van der Waals surface area contributed by atoms with Crippen LogP contribution in [-0.4, -0.2) is 25.3 Å². The second-order valence-electron chi connectivity index (χ2n) is 6.38. The first-order valence-corrected chi connectivity index (χ1v) is 8.42. The summed E-state index contributed by atoms with van der Waals surface area (Å²) in [6, 6.07) is 2.82. The maximum Gasteiger partial charge on any atom is 0.417 e. The first-order valence-electron chi connectivity index (χ1n) is 8.04. The van der Waals surface area contributed by atoms with E-state index in [0.717, 1.165) is 31.0 Å². The highest BCUT2D eigenvalue weighted by Gasteiger charge is 2.34. The average Bonchev–Trinajstić information content (AvgIpc) is 3.36. The third kappa shape index (κ3) is 2.91. The van der Waals surface area contributed by atoms with Crippen molar-refractivity contribution in [3.8, 4) is 0 Å². The molecule has 4 rings (SSSR count). The van der Waals surface area contributed by atoms with Gasteiger partial charge in [-0.25, -0.2) is 4.68 Å². The topological polar surface area (TPSA) is 69.8 Å². The fourth-order valence-electron chi connectivity index (χ4n) is 2.97. The van der Waals surface area contributed by atoms with E-state index in [9.17, 15) is 22.8 Å². The summed E-state index contributed by atoms with van der Waals surface area (Å²) in [7, 11) is 1.49. The second kappa shape index (κ2) is 5.91. The maximum atomic E-state index is 12.9. The molecule has 1 saturated carbocycles. The predicted octanol–water partition coefficient (Wildman–Crippen LogP) is 3.37. The minimum atomic E-state index is -4.62. The lowest BCUT2D eigenvalue weighted by Gasteiger charge is -2.10. The Balaban J connectivity index is 1.81. The molecule has 3 aromatic rings. The van der Waals surface area contributed by atoms with E-state index in [-0.39, 0.29) is 28.2 Å². The lowest BCUT2D eigenvalue weighted by atomic mass is 10.0. The van der Waals surface area contributed by atoms with Crippen molar-refractivity contribution in [1.82, 2.24) is 19.6 Å². The molecule has 2 aromatic heterocycles. The van der Waals surface area contributed by atoms with Crippen molar-refractivity contribution >= 4 is 28.3 Å². The first-order chi connectivity index (χ1) is 12.7. The molecule has 1 fully saturated rings.